The van der Waals surface area contributed by atoms with Crippen molar-refractivity contribution in [2.45, 2.75) is 39.0 Å². The molecule has 1 aromatic rings. The van der Waals surface area contributed by atoms with Crippen LogP contribution in [0.3, 0.4) is 0 Å². The Morgan fingerprint density at radius 3 is 2.72 bits per heavy atom. The van der Waals surface area contributed by atoms with Gasteiger partial charge in [-0.2, -0.15) is 0 Å². The first-order chi connectivity index (χ1) is 8.74. The van der Waals surface area contributed by atoms with Gasteiger partial charge in [0.1, 0.15) is 0 Å². The second-order valence-electron chi connectivity index (χ2n) is 5.02. The molecule has 18 heavy (non-hydrogen) atoms. The smallest absolute Gasteiger partial charge is 0.228 e. The van der Waals surface area contributed by atoms with Gasteiger partial charge in [-0.25, -0.2) is 0 Å². The van der Waals surface area contributed by atoms with E-state index in [1.54, 1.807) is 0 Å². The van der Waals surface area contributed by atoms with Crippen LogP contribution >= 0.6 is 0 Å². The minimum absolute atomic E-state index is 0.0377. The number of carbonyl (C=O) groups excluding carboxylic acids is 1. The molecule has 3 nitrogen and oxygen atoms in total. The number of amides is 1. The van der Waals surface area contributed by atoms with E-state index in [-0.39, 0.29) is 11.8 Å². The quantitative estimate of drug-likeness (QED) is 0.857. The summed E-state index contributed by atoms with van der Waals surface area (Å²) in [6.07, 6.45) is 5.62. The Morgan fingerprint density at radius 1 is 1.33 bits per heavy atom. The van der Waals surface area contributed by atoms with E-state index in [0.29, 0.717) is 6.54 Å². The number of rotatable bonds is 4. The van der Waals surface area contributed by atoms with Crippen LogP contribution in [0.25, 0.3) is 0 Å². The predicted molar refractivity (Wildman–Crippen MR) is 74.5 cm³/mol. The lowest BCUT2D eigenvalue weighted by molar-refractivity contribution is -0.119. The van der Waals surface area contributed by atoms with Crippen LogP contribution in [0.1, 0.15) is 37.3 Å². The Labute approximate surface area is 109 Å². The van der Waals surface area contributed by atoms with Crippen molar-refractivity contribution in [3.8, 4) is 0 Å². The van der Waals surface area contributed by atoms with Crippen molar-refractivity contribution in [3.63, 3.8) is 0 Å². The minimum Gasteiger partial charge on any atom is -0.330 e. The summed E-state index contributed by atoms with van der Waals surface area (Å²) in [7, 11) is 0. The number of hydrogen-bond donors (Lipinski definition) is 2. The van der Waals surface area contributed by atoms with Crippen molar-refractivity contribution < 1.29 is 4.79 Å². The van der Waals surface area contributed by atoms with Gasteiger partial charge in [0, 0.05) is 12.2 Å². The first kappa shape index (κ1) is 13.1. The van der Waals surface area contributed by atoms with E-state index in [4.69, 9.17) is 5.73 Å². The van der Waals surface area contributed by atoms with Gasteiger partial charge < -0.3 is 11.1 Å². The average molecular weight is 246 g/mol. The highest BCUT2D eigenvalue weighted by atomic mass is 16.1. The summed E-state index contributed by atoms with van der Waals surface area (Å²) in [4.78, 5) is 12.0. The van der Waals surface area contributed by atoms with Gasteiger partial charge >= 0.3 is 0 Å². The predicted octanol–water partition coefficient (Wildman–Crippen LogP) is 2.49. The number of nitrogens with one attached hydrogen (secondary N) is 1. The molecule has 0 spiro atoms. The summed E-state index contributed by atoms with van der Waals surface area (Å²) in [6, 6.07) is 6.27. The molecule has 0 fully saturated rings. The molecule has 98 valence electrons. The number of carbonyl (C=O) groups is 1. The van der Waals surface area contributed by atoms with Gasteiger partial charge in [-0.3, -0.25) is 4.79 Å². The Morgan fingerprint density at radius 2 is 2.06 bits per heavy atom. The molecule has 3 heteroatoms. The fourth-order valence-corrected chi connectivity index (χ4v) is 2.51. The second-order valence-corrected chi connectivity index (χ2v) is 5.02. The largest absolute Gasteiger partial charge is 0.330 e. The zero-order chi connectivity index (χ0) is 13.0. The van der Waals surface area contributed by atoms with Gasteiger partial charge in [0.05, 0.1) is 5.92 Å². The third-order valence-corrected chi connectivity index (χ3v) is 3.76. The summed E-state index contributed by atoms with van der Waals surface area (Å²) in [5.74, 6) is -0.0446. The lowest BCUT2D eigenvalue weighted by atomic mass is 9.91. The molecular weight excluding hydrogens is 224 g/mol. The maximum absolute atomic E-state index is 12.0. The van der Waals surface area contributed by atoms with E-state index >= 15 is 0 Å². The zero-order valence-corrected chi connectivity index (χ0v) is 11.0. The van der Waals surface area contributed by atoms with Crippen LogP contribution in [0.5, 0.6) is 0 Å². The average Bonchev–Trinajstić information content (AvgIpc) is 2.40. The van der Waals surface area contributed by atoms with Crippen LogP contribution in [-0.2, 0) is 17.6 Å². The van der Waals surface area contributed by atoms with Crippen LogP contribution in [0, 0.1) is 5.92 Å². The third-order valence-electron chi connectivity index (χ3n) is 3.76. The van der Waals surface area contributed by atoms with Gasteiger partial charge in [-0.15, -0.1) is 0 Å². The van der Waals surface area contributed by atoms with Crippen molar-refractivity contribution >= 4 is 11.6 Å². The van der Waals surface area contributed by atoms with Crippen molar-refractivity contribution in [2.75, 3.05) is 11.9 Å². The van der Waals surface area contributed by atoms with Crippen LogP contribution in [0.2, 0.25) is 0 Å². The van der Waals surface area contributed by atoms with Crippen LogP contribution < -0.4 is 11.1 Å². The molecule has 3 N–H and O–H groups in total. The number of anilines is 1. The minimum atomic E-state index is -0.0824. The molecule has 0 saturated carbocycles. The summed E-state index contributed by atoms with van der Waals surface area (Å²) < 4.78 is 0. The van der Waals surface area contributed by atoms with E-state index in [1.807, 2.05) is 13.0 Å². The van der Waals surface area contributed by atoms with Crippen molar-refractivity contribution in [1.29, 1.82) is 0 Å². The fraction of sp³-hybridized carbons (Fsp3) is 0.533. The molecule has 1 atom stereocenters. The lowest BCUT2D eigenvalue weighted by Gasteiger charge is -2.18. The van der Waals surface area contributed by atoms with Gasteiger partial charge in [0.15, 0.2) is 0 Å². The summed E-state index contributed by atoms with van der Waals surface area (Å²) in [6.45, 7) is 2.40. The van der Waals surface area contributed by atoms with E-state index in [2.05, 4.69) is 17.4 Å². The van der Waals surface area contributed by atoms with Gasteiger partial charge in [0.2, 0.25) is 5.91 Å². The molecule has 1 amide bonds. The Balaban J connectivity index is 2.08. The second kappa shape index (κ2) is 6.01. The third kappa shape index (κ3) is 2.91. The van der Waals surface area contributed by atoms with Gasteiger partial charge in [-0.05, 0) is 55.4 Å². The topological polar surface area (TPSA) is 55.1 Å². The van der Waals surface area contributed by atoms with Crippen molar-refractivity contribution in [3.05, 3.63) is 29.3 Å². The maximum atomic E-state index is 12.0. The first-order valence-electron chi connectivity index (χ1n) is 6.87. The molecule has 2 rings (SSSR count). The maximum Gasteiger partial charge on any atom is 0.228 e. The van der Waals surface area contributed by atoms with Crippen LogP contribution in [0.4, 0.5) is 5.69 Å². The first-order valence-corrected chi connectivity index (χ1v) is 6.87. The van der Waals surface area contributed by atoms with Crippen molar-refractivity contribution in [1.82, 2.24) is 0 Å². The van der Waals surface area contributed by atoms with Crippen LogP contribution in [0.15, 0.2) is 18.2 Å². The molecule has 0 saturated heterocycles. The van der Waals surface area contributed by atoms with Crippen molar-refractivity contribution in [2.24, 2.45) is 11.7 Å². The van der Waals surface area contributed by atoms with E-state index in [1.165, 1.54) is 30.4 Å². The summed E-state index contributed by atoms with van der Waals surface area (Å²) >= 11 is 0. The fourth-order valence-electron chi connectivity index (χ4n) is 2.51. The molecule has 1 unspecified atom stereocenters. The Hall–Kier alpha value is -1.35. The number of hydrogen-bond acceptors (Lipinski definition) is 2. The molecule has 0 aromatic heterocycles. The molecule has 0 bridgehead atoms. The van der Waals surface area contributed by atoms with Gasteiger partial charge in [-0.1, -0.05) is 13.0 Å². The summed E-state index contributed by atoms with van der Waals surface area (Å²) in [5, 5.41) is 2.98. The number of benzene rings is 1. The van der Waals surface area contributed by atoms with E-state index < -0.39 is 0 Å². The molecule has 1 aromatic carbocycles. The van der Waals surface area contributed by atoms with E-state index in [9.17, 15) is 4.79 Å². The normalized spacial score (nSPS) is 15.9. The highest BCUT2D eigenvalue weighted by Crippen LogP contribution is 2.24. The highest BCUT2D eigenvalue weighted by molar-refractivity contribution is 5.92. The molecule has 0 radical (unpaired) electrons. The zero-order valence-electron chi connectivity index (χ0n) is 11.0. The Kier molecular flexibility index (Phi) is 4.37. The lowest BCUT2D eigenvalue weighted by Crippen LogP contribution is -2.28. The molecule has 1 aliphatic rings. The Bertz CT molecular complexity index is 425. The molecule has 0 heterocycles. The number of fused-ring (bicyclic) bond motifs is 1. The highest BCUT2D eigenvalue weighted by Gasteiger charge is 2.15. The number of aryl methyl sites for hydroxylation is 2. The molecule has 0 aliphatic heterocycles. The SMILES string of the molecule is CCC(CN)C(=O)Nc1ccc2c(c1)CCCC2. The summed E-state index contributed by atoms with van der Waals surface area (Å²) in [5.41, 5.74) is 9.32. The van der Waals surface area contributed by atoms with Gasteiger partial charge in [0.25, 0.3) is 0 Å². The molecule has 1 aliphatic carbocycles. The standard InChI is InChI=1S/C15H22N2O/c1-2-11(10-16)15(18)17-14-8-7-12-5-3-4-6-13(12)9-14/h7-9,11H,2-6,10,16H2,1H3,(H,17,18). The van der Waals surface area contributed by atoms with E-state index in [0.717, 1.165) is 18.5 Å². The van der Waals surface area contributed by atoms with Crippen LogP contribution in [-0.4, -0.2) is 12.5 Å². The monoisotopic (exact) mass is 246 g/mol. The number of nitrogens with two attached hydrogens (primary N) is 1. The molecular formula is C15H22N2O.